The van der Waals surface area contributed by atoms with E-state index in [9.17, 15) is 19.7 Å². The number of hydrogen-bond donors (Lipinski definition) is 1. The second kappa shape index (κ2) is 7.50. The molecule has 29 heavy (non-hydrogen) atoms. The molecule has 1 aliphatic heterocycles. The zero-order valence-electron chi connectivity index (χ0n) is 16.1. The molecule has 1 heterocycles. The van der Waals surface area contributed by atoms with Crippen LogP contribution < -0.4 is 10.2 Å². The molecule has 0 fully saturated rings. The standard InChI is InChI=1S/C22H21N3O4/c1-2-20(27)24-18-8-4-3-6-16(18)23-17-7-5-9-19(26)21(17)22(24)14-10-12-15(13-11-14)25(28)29/h3-4,6,8,10-13,22-23H,2,5,7,9H2,1H3/t22-/m0/s1. The van der Waals surface area contributed by atoms with Gasteiger partial charge in [0.05, 0.1) is 22.3 Å². The number of anilines is 2. The van der Waals surface area contributed by atoms with Crippen LogP contribution >= 0.6 is 0 Å². The van der Waals surface area contributed by atoms with Crippen LogP contribution in [0, 0.1) is 10.1 Å². The minimum Gasteiger partial charge on any atom is -0.357 e. The fourth-order valence-corrected chi connectivity index (χ4v) is 4.07. The lowest BCUT2D eigenvalue weighted by Crippen LogP contribution is -2.37. The van der Waals surface area contributed by atoms with Gasteiger partial charge in [0.25, 0.3) is 5.69 Å². The molecular formula is C22H21N3O4. The topological polar surface area (TPSA) is 92.6 Å². The van der Waals surface area contributed by atoms with Crippen molar-refractivity contribution in [2.24, 2.45) is 0 Å². The number of allylic oxidation sites excluding steroid dienone is 1. The first-order chi connectivity index (χ1) is 14.0. The quantitative estimate of drug-likeness (QED) is 0.614. The Morgan fingerprint density at radius 3 is 2.59 bits per heavy atom. The number of Topliss-reactive ketones (excluding diaryl/α,β-unsaturated/α-hetero) is 1. The molecule has 1 N–H and O–H groups in total. The lowest BCUT2D eigenvalue weighted by Gasteiger charge is -2.33. The summed E-state index contributed by atoms with van der Waals surface area (Å²) in [5, 5.41) is 14.5. The Morgan fingerprint density at radius 1 is 1.17 bits per heavy atom. The maximum Gasteiger partial charge on any atom is 0.269 e. The highest BCUT2D eigenvalue weighted by Crippen LogP contribution is 2.45. The van der Waals surface area contributed by atoms with Crippen molar-refractivity contribution in [2.75, 3.05) is 10.2 Å². The summed E-state index contributed by atoms with van der Waals surface area (Å²) >= 11 is 0. The van der Waals surface area contributed by atoms with Gasteiger partial charge in [0, 0.05) is 36.2 Å². The van der Waals surface area contributed by atoms with Crippen molar-refractivity contribution in [1.29, 1.82) is 0 Å². The zero-order chi connectivity index (χ0) is 20.5. The van der Waals surface area contributed by atoms with Crippen LogP contribution in [-0.2, 0) is 9.59 Å². The van der Waals surface area contributed by atoms with E-state index in [1.165, 1.54) is 12.1 Å². The van der Waals surface area contributed by atoms with Gasteiger partial charge >= 0.3 is 0 Å². The third kappa shape index (κ3) is 3.29. The monoisotopic (exact) mass is 391 g/mol. The summed E-state index contributed by atoms with van der Waals surface area (Å²) in [4.78, 5) is 38.4. The van der Waals surface area contributed by atoms with Crippen LogP contribution in [0.25, 0.3) is 0 Å². The Bertz CT molecular complexity index is 1030. The second-order valence-corrected chi connectivity index (χ2v) is 7.18. The van der Waals surface area contributed by atoms with Gasteiger partial charge in [-0.3, -0.25) is 24.6 Å². The summed E-state index contributed by atoms with van der Waals surface area (Å²) in [7, 11) is 0. The van der Waals surface area contributed by atoms with Gasteiger partial charge in [-0.1, -0.05) is 19.1 Å². The van der Waals surface area contributed by atoms with Gasteiger partial charge in [-0.15, -0.1) is 0 Å². The Labute approximate surface area is 168 Å². The molecule has 1 aliphatic carbocycles. The van der Waals surface area contributed by atoms with Crippen LogP contribution in [0.15, 0.2) is 59.8 Å². The van der Waals surface area contributed by atoms with Crippen LogP contribution in [0.5, 0.6) is 0 Å². The Morgan fingerprint density at radius 2 is 1.90 bits per heavy atom. The Balaban J connectivity index is 1.96. The van der Waals surface area contributed by atoms with Gasteiger partial charge in [0.1, 0.15) is 0 Å². The smallest absolute Gasteiger partial charge is 0.269 e. The number of hydrogen-bond acceptors (Lipinski definition) is 5. The first-order valence-corrected chi connectivity index (χ1v) is 9.70. The van der Waals surface area contributed by atoms with E-state index >= 15 is 0 Å². The van der Waals surface area contributed by atoms with E-state index in [4.69, 9.17) is 0 Å². The van der Waals surface area contributed by atoms with E-state index in [0.29, 0.717) is 29.7 Å². The molecule has 0 aromatic heterocycles. The van der Waals surface area contributed by atoms with E-state index in [1.807, 2.05) is 24.3 Å². The molecule has 0 saturated carbocycles. The van der Waals surface area contributed by atoms with E-state index in [2.05, 4.69) is 5.32 Å². The number of rotatable bonds is 3. The van der Waals surface area contributed by atoms with E-state index in [1.54, 1.807) is 24.0 Å². The number of non-ortho nitro benzene ring substituents is 1. The van der Waals surface area contributed by atoms with Gasteiger partial charge in [0.15, 0.2) is 5.78 Å². The largest absolute Gasteiger partial charge is 0.357 e. The molecule has 1 amide bonds. The molecule has 2 aromatic rings. The first kappa shape index (κ1) is 18.9. The molecule has 0 unspecified atom stereocenters. The third-order valence-electron chi connectivity index (χ3n) is 5.43. The Hall–Kier alpha value is -3.48. The van der Waals surface area contributed by atoms with Gasteiger partial charge in [-0.2, -0.15) is 0 Å². The fourth-order valence-electron chi connectivity index (χ4n) is 4.07. The molecule has 0 saturated heterocycles. The number of para-hydroxylation sites is 2. The number of nitro benzene ring substituents is 1. The predicted molar refractivity (Wildman–Crippen MR) is 110 cm³/mol. The fraction of sp³-hybridized carbons (Fsp3) is 0.273. The lowest BCUT2D eigenvalue weighted by atomic mass is 9.85. The summed E-state index contributed by atoms with van der Waals surface area (Å²) in [6.45, 7) is 1.79. The zero-order valence-corrected chi connectivity index (χ0v) is 16.1. The van der Waals surface area contributed by atoms with Crippen LogP contribution in [0.2, 0.25) is 0 Å². The highest BCUT2D eigenvalue weighted by Gasteiger charge is 2.39. The highest BCUT2D eigenvalue weighted by atomic mass is 16.6. The van der Waals surface area contributed by atoms with Gasteiger partial charge in [-0.25, -0.2) is 0 Å². The van der Waals surface area contributed by atoms with Crippen LogP contribution in [0.1, 0.15) is 44.2 Å². The van der Waals surface area contributed by atoms with Crippen LogP contribution in [-0.4, -0.2) is 16.6 Å². The van der Waals surface area contributed by atoms with E-state index < -0.39 is 11.0 Å². The number of carbonyl (C=O) groups is 2. The number of nitrogens with one attached hydrogen (secondary N) is 1. The second-order valence-electron chi connectivity index (χ2n) is 7.18. The van der Waals surface area contributed by atoms with Gasteiger partial charge < -0.3 is 5.32 Å². The lowest BCUT2D eigenvalue weighted by molar-refractivity contribution is -0.384. The SMILES string of the molecule is CCC(=O)N1c2ccccc2NC2=C(C(=O)CCC2)[C@@H]1c1ccc([N+](=O)[O-])cc1. The molecule has 148 valence electrons. The summed E-state index contributed by atoms with van der Waals surface area (Å²) in [6, 6.07) is 13.0. The van der Waals surface area contributed by atoms with E-state index in [-0.39, 0.29) is 23.8 Å². The molecule has 0 bridgehead atoms. The number of benzene rings is 2. The molecule has 7 heteroatoms. The summed E-state index contributed by atoms with van der Waals surface area (Å²) in [6.07, 6.45) is 2.16. The maximum atomic E-state index is 13.1. The first-order valence-electron chi connectivity index (χ1n) is 9.70. The van der Waals surface area contributed by atoms with Crippen molar-refractivity contribution >= 4 is 28.8 Å². The molecule has 2 aliphatic rings. The number of amides is 1. The molecule has 7 nitrogen and oxygen atoms in total. The average molecular weight is 391 g/mol. The third-order valence-corrected chi connectivity index (χ3v) is 5.43. The van der Waals surface area contributed by atoms with Gasteiger partial charge in [0.2, 0.25) is 5.91 Å². The molecule has 2 aromatic carbocycles. The number of nitrogens with zero attached hydrogens (tertiary/aromatic N) is 2. The van der Waals surface area contributed by atoms with Crippen LogP contribution in [0.3, 0.4) is 0 Å². The minimum absolute atomic E-state index is 0.00353. The van der Waals surface area contributed by atoms with Crippen molar-refractivity contribution in [3.63, 3.8) is 0 Å². The van der Waals surface area contributed by atoms with Crippen molar-refractivity contribution in [2.45, 2.75) is 38.6 Å². The van der Waals surface area contributed by atoms with Crippen molar-refractivity contribution in [3.05, 3.63) is 75.5 Å². The number of ketones is 1. The molecule has 4 rings (SSSR count). The molecule has 0 radical (unpaired) electrons. The number of nitro groups is 1. The van der Waals surface area contributed by atoms with E-state index in [0.717, 1.165) is 17.8 Å². The summed E-state index contributed by atoms with van der Waals surface area (Å²) in [5.74, 6) is -0.112. The number of carbonyl (C=O) groups excluding carboxylic acids is 2. The predicted octanol–water partition coefficient (Wildman–Crippen LogP) is 4.51. The molecular weight excluding hydrogens is 370 g/mol. The summed E-state index contributed by atoms with van der Waals surface area (Å²) in [5.41, 5.74) is 3.52. The Kier molecular flexibility index (Phi) is 4.88. The van der Waals surface area contributed by atoms with Crippen molar-refractivity contribution in [1.82, 2.24) is 0 Å². The van der Waals surface area contributed by atoms with Crippen molar-refractivity contribution < 1.29 is 14.5 Å². The molecule has 1 atom stereocenters. The average Bonchev–Trinajstić information content (AvgIpc) is 2.88. The normalized spacial score (nSPS) is 18.4. The van der Waals surface area contributed by atoms with Gasteiger partial charge in [-0.05, 0) is 42.7 Å². The van der Waals surface area contributed by atoms with Crippen LogP contribution in [0.4, 0.5) is 17.1 Å². The number of fused-ring (bicyclic) bond motifs is 1. The summed E-state index contributed by atoms with van der Waals surface area (Å²) < 4.78 is 0. The highest BCUT2D eigenvalue weighted by molar-refractivity contribution is 6.06. The maximum absolute atomic E-state index is 13.1. The molecule has 0 spiro atoms. The van der Waals surface area contributed by atoms with Crippen molar-refractivity contribution in [3.8, 4) is 0 Å². The minimum atomic E-state index is -0.623.